The van der Waals surface area contributed by atoms with Crippen LogP contribution in [0.5, 0.6) is 11.5 Å². The molecule has 1 N–H and O–H groups in total. The van der Waals surface area contributed by atoms with Gasteiger partial charge in [-0.25, -0.2) is 0 Å². The number of rotatable bonds is 8. The Kier molecular flexibility index (Phi) is 6.32. The molecule has 9 heteroatoms. The average molecular weight is 350 g/mol. The molecule has 0 heterocycles. The molecular weight excluding hydrogens is 336 g/mol. The van der Waals surface area contributed by atoms with Crippen molar-refractivity contribution in [2.24, 2.45) is 10.2 Å². The van der Waals surface area contributed by atoms with Gasteiger partial charge in [0.15, 0.2) is 19.1 Å². The van der Waals surface area contributed by atoms with Crippen LogP contribution in [0.4, 0.5) is 0 Å². The van der Waals surface area contributed by atoms with E-state index in [1.807, 2.05) is 0 Å². The summed E-state index contributed by atoms with van der Waals surface area (Å²) < 4.78 is 10.4. The van der Waals surface area contributed by atoms with Crippen molar-refractivity contribution in [2.45, 2.75) is 5.60 Å². The summed E-state index contributed by atoms with van der Waals surface area (Å²) in [6.07, 6.45) is 5.57. The number of nitrogens with zero attached hydrogens (tertiary/aromatic N) is 6. The molecule has 0 atom stereocenters. The van der Waals surface area contributed by atoms with Gasteiger partial charge in [-0.1, -0.05) is 40.4 Å². The number of ether oxygens (including phenoxy) is 2. The van der Waals surface area contributed by atoms with E-state index < -0.39 is 5.60 Å². The summed E-state index contributed by atoms with van der Waals surface area (Å²) in [5.41, 5.74) is 15.7. The lowest BCUT2D eigenvalue weighted by atomic mass is 9.87. The van der Waals surface area contributed by atoms with Crippen molar-refractivity contribution in [3.63, 3.8) is 0 Å². The van der Waals surface area contributed by atoms with Crippen LogP contribution in [0.25, 0.3) is 20.9 Å². The smallest absolute Gasteiger partial charge is 0.176 e. The topological polar surface area (TPSA) is 136 Å². The predicted octanol–water partition coefficient (Wildman–Crippen LogP) is 3.85. The Bertz CT molecular complexity index is 811. The molecule has 9 nitrogen and oxygen atoms in total. The van der Waals surface area contributed by atoms with E-state index in [1.165, 1.54) is 0 Å². The highest BCUT2D eigenvalue weighted by atomic mass is 16.5. The van der Waals surface area contributed by atoms with Crippen molar-refractivity contribution in [3.05, 3.63) is 80.5 Å². The summed E-state index contributed by atoms with van der Waals surface area (Å²) in [6, 6.07) is 12.9. The van der Waals surface area contributed by atoms with Gasteiger partial charge in [0.25, 0.3) is 0 Å². The lowest BCUT2D eigenvalue weighted by molar-refractivity contribution is 0.145. The van der Waals surface area contributed by atoms with Crippen LogP contribution in [0.3, 0.4) is 0 Å². The van der Waals surface area contributed by atoms with E-state index in [9.17, 15) is 5.11 Å². The molecule has 130 valence electrons. The molecule has 0 aliphatic heterocycles. The zero-order valence-corrected chi connectivity index (χ0v) is 13.6. The summed E-state index contributed by atoms with van der Waals surface area (Å²) in [7, 11) is 0. The summed E-state index contributed by atoms with van der Waals surface area (Å²) in [4.78, 5) is 5.18. The maximum atomic E-state index is 10.9. The van der Waals surface area contributed by atoms with E-state index in [2.05, 4.69) is 26.0 Å². The van der Waals surface area contributed by atoms with Crippen LogP contribution in [-0.2, 0) is 5.60 Å². The number of azide groups is 2. The molecular formula is C17H14N6O3. The van der Waals surface area contributed by atoms with Crippen LogP contribution in [0, 0.1) is 12.3 Å². The van der Waals surface area contributed by atoms with Gasteiger partial charge in [0.05, 0.1) is 0 Å². The van der Waals surface area contributed by atoms with Crippen LogP contribution in [0.1, 0.15) is 11.1 Å². The third kappa shape index (κ3) is 4.38. The lowest BCUT2D eigenvalue weighted by Crippen LogP contribution is -2.24. The number of hydrogen-bond acceptors (Lipinski definition) is 5. The Morgan fingerprint density at radius 3 is 1.58 bits per heavy atom. The van der Waals surface area contributed by atoms with Crippen LogP contribution in [0.2, 0.25) is 0 Å². The van der Waals surface area contributed by atoms with Crippen LogP contribution in [0.15, 0.2) is 58.8 Å². The molecule has 2 aromatic carbocycles. The van der Waals surface area contributed by atoms with Crippen LogP contribution >= 0.6 is 0 Å². The molecule has 0 aliphatic rings. The zero-order chi connectivity index (χ0) is 18.8. The normalized spacial score (nSPS) is 11.8. The lowest BCUT2D eigenvalue weighted by Gasteiger charge is -2.23. The van der Waals surface area contributed by atoms with Gasteiger partial charge in [-0.15, -0.1) is 6.42 Å². The molecule has 0 bridgehead atoms. The molecule has 0 radical (unpaired) electrons. The Morgan fingerprint density at radius 1 is 0.885 bits per heavy atom. The molecule has 2 rings (SSSR count). The second kappa shape index (κ2) is 8.87. The van der Waals surface area contributed by atoms with Crippen molar-refractivity contribution in [3.8, 4) is 23.8 Å². The molecule has 26 heavy (non-hydrogen) atoms. The van der Waals surface area contributed by atoms with Crippen molar-refractivity contribution in [1.29, 1.82) is 0 Å². The summed E-state index contributed by atoms with van der Waals surface area (Å²) in [5.74, 6) is 3.34. The van der Waals surface area contributed by atoms with E-state index in [-0.39, 0.29) is 13.5 Å². The maximum Gasteiger partial charge on any atom is 0.176 e. The van der Waals surface area contributed by atoms with Gasteiger partial charge >= 0.3 is 0 Å². The first-order valence-corrected chi connectivity index (χ1v) is 7.32. The molecule has 0 unspecified atom stereocenters. The van der Waals surface area contributed by atoms with Crippen molar-refractivity contribution >= 4 is 0 Å². The maximum absolute atomic E-state index is 10.9. The first-order valence-electron chi connectivity index (χ1n) is 7.32. The van der Waals surface area contributed by atoms with E-state index in [0.717, 1.165) is 0 Å². The number of hydrogen-bond donors (Lipinski definition) is 1. The fourth-order valence-corrected chi connectivity index (χ4v) is 2.18. The predicted molar refractivity (Wildman–Crippen MR) is 94.0 cm³/mol. The molecule has 0 aromatic heterocycles. The first kappa shape index (κ1) is 18.5. The van der Waals surface area contributed by atoms with Gasteiger partial charge in [0.2, 0.25) is 0 Å². The quantitative estimate of drug-likeness (QED) is 0.335. The SMILES string of the molecule is C#CC(O)(c1ccc(OCN=[N+]=[N-])cc1)c1ccc(OCN=[N+]=[N-])cc1. The molecule has 0 spiro atoms. The molecule has 0 saturated carbocycles. The highest BCUT2D eigenvalue weighted by Gasteiger charge is 2.29. The largest absolute Gasteiger partial charge is 0.488 e. The molecule has 0 saturated heterocycles. The second-order valence-electron chi connectivity index (χ2n) is 4.91. The minimum atomic E-state index is -1.65. The van der Waals surface area contributed by atoms with Crippen molar-refractivity contribution < 1.29 is 14.6 Å². The Morgan fingerprint density at radius 2 is 1.27 bits per heavy atom. The first-order chi connectivity index (χ1) is 12.6. The number of terminal acetylenes is 1. The second-order valence-corrected chi connectivity index (χ2v) is 4.91. The van der Waals surface area contributed by atoms with Gasteiger partial charge in [-0.05, 0) is 35.3 Å². The Hall–Kier alpha value is -3.82. The minimum absolute atomic E-state index is 0.132. The fourth-order valence-electron chi connectivity index (χ4n) is 2.18. The zero-order valence-electron chi connectivity index (χ0n) is 13.6. The van der Waals surface area contributed by atoms with Gasteiger partial charge in [0, 0.05) is 21.0 Å². The monoisotopic (exact) mass is 350 g/mol. The summed E-state index contributed by atoms with van der Waals surface area (Å²) in [5, 5.41) is 17.5. The standard InChI is InChI=1S/C17H14N6O3/c1-2-17(24,13-3-7-15(8-4-13)25-11-20-22-18)14-5-9-16(10-6-14)26-12-21-23-19/h1,3-10,24H,11-12H2. The average Bonchev–Trinajstić information content (AvgIpc) is 2.69. The van der Waals surface area contributed by atoms with E-state index in [1.54, 1.807) is 48.5 Å². The molecule has 0 amide bonds. The number of benzene rings is 2. The van der Waals surface area contributed by atoms with E-state index >= 15 is 0 Å². The minimum Gasteiger partial charge on any atom is -0.488 e. The van der Waals surface area contributed by atoms with Gasteiger partial charge in [-0.3, -0.25) is 0 Å². The van der Waals surface area contributed by atoms with Gasteiger partial charge in [-0.2, -0.15) is 0 Å². The van der Waals surface area contributed by atoms with Crippen molar-refractivity contribution in [2.75, 3.05) is 13.5 Å². The number of aliphatic hydroxyl groups is 1. The molecule has 0 aliphatic carbocycles. The summed E-state index contributed by atoms with van der Waals surface area (Å²) >= 11 is 0. The third-order valence-corrected chi connectivity index (χ3v) is 3.46. The molecule has 0 fully saturated rings. The van der Waals surface area contributed by atoms with Crippen LogP contribution in [-0.4, -0.2) is 18.6 Å². The molecule has 2 aromatic rings. The van der Waals surface area contributed by atoms with Crippen molar-refractivity contribution in [1.82, 2.24) is 0 Å². The van der Waals surface area contributed by atoms with E-state index in [4.69, 9.17) is 27.0 Å². The highest BCUT2D eigenvalue weighted by molar-refractivity contribution is 5.46. The van der Waals surface area contributed by atoms with Gasteiger partial charge in [0.1, 0.15) is 11.5 Å². The fraction of sp³-hybridized carbons (Fsp3) is 0.176. The highest BCUT2D eigenvalue weighted by Crippen LogP contribution is 2.31. The summed E-state index contributed by atoms with van der Waals surface area (Å²) in [6.45, 7) is -0.265. The van der Waals surface area contributed by atoms with Crippen LogP contribution < -0.4 is 9.47 Å². The van der Waals surface area contributed by atoms with E-state index in [0.29, 0.717) is 22.6 Å². The third-order valence-electron chi connectivity index (χ3n) is 3.46. The Labute approximate surface area is 149 Å². The Balaban J connectivity index is 2.20. The van der Waals surface area contributed by atoms with Gasteiger partial charge < -0.3 is 14.6 Å².